The minimum Gasteiger partial charge on any atom is -0.449 e. The summed E-state index contributed by atoms with van der Waals surface area (Å²) < 4.78 is 32.0. The number of rotatable bonds is 3. The minimum absolute atomic E-state index is 0.0203. The van der Waals surface area contributed by atoms with Crippen LogP contribution in [0.5, 0.6) is 11.5 Å². The van der Waals surface area contributed by atoms with E-state index in [1.165, 1.54) is 27.4 Å². The standard InChI is InChI=1S/C12H7ClF2N3O2P/c13-7-1-6(4-16)2-8(3-7)20-9-10(12(14,15)21)17-5-18-11(9)19/h1-3,5H,21H2,(H,17,18,19). The van der Waals surface area contributed by atoms with E-state index in [4.69, 9.17) is 21.6 Å². The molecule has 1 N–H and O–H groups in total. The Morgan fingerprint density at radius 1 is 1.43 bits per heavy atom. The lowest BCUT2D eigenvalue weighted by atomic mass is 10.2. The van der Waals surface area contributed by atoms with Gasteiger partial charge in [-0.1, -0.05) is 20.8 Å². The van der Waals surface area contributed by atoms with Gasteiger partial charge < -0.3 is 9.72 Å². The molecule has 0 bridgehead atoms. The Bertz CT molecular complexity index is 783. The van der Waals surface area contributed by atoms with Crippen LogP contribution in [-0.2, 0) is 5.66 Å². The lowest BCUT2D eigenvalue weighted by Crippen LogP contribution is -2.18. The number of hydrogen-bond acceptors (Lipinski definition) is 4. The molecular formula is C12H7ClF2N3O2P. The zero-order valence-corrected chi connectivity index (χ0v) is 12.1. The van der Waals surface area contributed by atoms with Crippen molar-refractivity contribution >= 4 is 20.8 Å². The SMILES string of the molecule is N#Cc1cc(Cl)cc(Oc2c(C(F)(F)P)nc[nH]c2=O)c1. The van der Waals surface area contributed by atoms with Crippen molar-refractivity contribution in [2.45, 2.75) is 5.66 Å². The van der Waals surface area contributed by atoms with Crippen molar-refractivity contribution < 1.29 is 13.5 Å². The lowest BCUT2D eigenvalue weighted by Gasteiger charge is -2.13. The number of benzene rings is 1. The molecule has 0 saturated heterocycles. The number of alkyl halides is 2. The average molecular weight is 330 g/mol. The van der Waals surface area contributed by atoms with E-state index in [9.17, 15) is 13.6 Å². The Morgan fingerprint density at radius 3 is 2.76 bits per heavy atom. The van der Waals surface area contributed by atoms with E-state index in [1.807, 2.05) is 6.07 Å². The van der Waals surface area contributed by atoms with Gasteiger partial charge in [-0.2, -0.15) is 14.0 Å². The predicted molar refractivity (Wildman–Crippen MR) is 74.7 cm³/mol. The number of H-pyrrole nitrogens is 1. The molecule has 0 aliphatic carbocycles. The van der Waals surface area contributed by atoms with Crippen LogP contribution in [0.4, 0.5) is 8.78 Å². The topological polar surface area (TPSA) is 78.8 Å². The van der Waals surface area contributed by atoms with E-state index in [-0.39, 0.29) is 16.3 Å². The van der Waals surface area contributed by atoms with Gasteiger partial charge in [0, 0.05) is 5.02 Å². The predicted octanol–water partition coefficient (Wildman–Crippen LogP) is 3.01. The Labute approximate surface area is 124 Å². The molecule has 2 aromatic rings. The zero-order chi connectivity index (χ0) is 15.6. The molecule has 0 saturated carbocycles. The largest absolute Gasteiger partial charge is 0.449 e. The number of hydrogen-bond donors (Lipinski definition) is 1. The van der Waals surface area contributed by atoms with Crippen molar-refractivity contribution in [1.82, 2.24) is 9.97 Å². The van der Waals surface area contributed by atoms with Gasteiger partial charge in [-0.3, -0.25) is 4.79 Å². The number of halogens is 3. The summed E-state index contributed by atoms with van der Waals surface area (Å²) in [6.45, 7) is 0. The van der Waals surface area contributed by atoms with E-state index >= 15 is 0 Å². The number of nitriles is 1. The summed E-state index contributed by atoms with van der Waals surface area (Å²) in [6, 6.07) is 5.76. The Kier molecular flexibility index (Phi) is 4.21. The van der Waals surface area contributed by atoms with Crippen molar-refractivity contribution in [3.05, 3.63) is 51.2 Å². The van der Waals surface area contributed by atoms with Crippen LogP contribution < -0.4 is 10.3 Å². The monoisotopic (exact) mass is 329 g/mol. The van der Waals surface area contributed by atoms with E-state index in [1.54, 1.807) is 0 Å². The van der Waals surface area contributed by atoms with Gasteiger partial charge in [0.25, 0.3) is 5.56 Å². The minimum atomic E-state index is -3.44. The van der Waals surface area contributed by atoms with Crippen molar-refractivity contribution in [3.8, 4) is 17.6 Å². The van der Waals surface area contributed by atoms with Crippen LogP contribution in [0.25, 0.3) is 0 Å². The second-order valence-electron chi connectivity index (χ2n) is 3.92. The maximum absolute atomic E-state index is 13.4. The first-order chi connectivity index (χ1) is 9.81. The van der Waals surface area contributed by atoms with Crippen LogP contribution in [0.2, 0.25) is 5.02 Å². The second-order valence-corrected chi connectivity index (χ2v) is 5.08. The van der Waals surface area contributed by atoms with E-state index < -0.39 is 22.7 Å². The molecule has 0 aliphatic heterocycles. The average Bonchev–Trinajstić information content (AvgIpc) is 2.39. The van der Waals surface area contributed by atoms with E-state index in [2.05, 4.69) is 9.97 Å². The Balaban J connectivity index is 2.53. The molecule has 0 radical (unpaired) electrons. The molecule has 1 heterocycles. The third-order valence-corrected chi connectivity index (χ3v) is 2.84. The Hall–Kier alpha value is -2.03. The quantitative estimate of drug-likeness (QED) is 0.878. The fraction of sp³-hybridized carbons (Fsp3) is 0.0833. The van der Waals surface area contributed by atoms with Crippen LogP contribution in [0.1, 0.15) is 11.3 Å². The molecule has 1 atom stereocenters. The zero-order valence-electron chi connectivity index (χ0n) is 10.2. The highest BCUT2D eigenvalue weighted by atomic mass is 35.5. The van der Waals surface area contributed by atoms with Crippen molar-refractivity contribution in [1.29, 1.82) is 5.26 Å². The molecule has 0 fully saturated rings. The summed E-state index contributed by atoms with van der Waals surface area (Å²) >= 11 is 5.78. The van der Waals surface area contributed by atoms with Crippen LogP contribution in [0.15, 0.2) is 29.3 Å². The van der Waals surface area contributed by atoms with Crippen molar-refractivity contribution in [2.24, 2.45) is 0 Å². The Morgan fingerprint density at radius 2 is 2.14 bits per heavy atom. The maximum atomic E-state index is 13.4. The number of ether oxygens (including phenoxy) is 1. The molecule has 21 heavy (non-hydrogen) atoms. The molecular weight excluding hydrogens is 323 g/mol. The van der Waals surface area contributed by atoms with Gasteiger partial charge in [0.15, 0.2) is 5.69 Å². The molecule has 5 nitrogen and oxygen atoms in total. The van der Waals surface area contributed by atoms with Gasteiger partial charge in [0.1, 0.15) is 5.75 Å². The first kappa shape index (κ1) is 15.4. The van der Waals surface area contributed by atoms with Crippen LogP contribution in [-0.4, -0.2) is 9.97 Å². The molecule has 1 unspecified atom stereocenters. The summed E-state index contributed by atoms with van der Waals surface area (Å²) in [4.78, 5) is 17.2. The summed E-state index contributed by atoms with van der Waals surface area (Å²) in [6.07, 6.45) is 0.848. The van der Waals surface area contributed by atoms with Crippen molar-refractivity contribution in [3.63, 3.8) is 0 Å². The normalized spacial score (nSPS) is 11.0. The molecule has 108 valence electrons. The van der Waals surface area contributed by atoms with E-state index in [0.717, 1.165) is 6.33 Å². The highest BCUT2D eigenvalue weighted by molar-refractivity contribution is 7.17. The molecule has 0 spiro atoms. The summed E-state index contributed by atoms with van der Waals surface area (Å²) in [5.74, 6) is -0.684. The van der Waals surface area contributed by atoms with Gasteiger partial charge in [-0.05, 0) is 18.2 Å². The summed E-state index contributed by atoms with van der Waals surface area (Å²) in [5, 5.41) is 8.99. The summed E-state index contributed by atoms with van der Waals surface area (Å²) in [7, 11) is 1.27. The highest BCUT2D eigenvalue weighted by Crippen LogP contribution is 2.38. The maximum Gasteiger partial charge on any atom is 0.304 e. The van der Waals surface area contributed by atoms with E-state index in [0.29, 0.717) is 0 Å². The third-order valence-electron chi connectivity index (χ3n) is 2.35. The fourth-order valence-corrected chi connectivity index (χ4v) is 1.95. The van der Waals surface area contributed by atoms with Gasteiger partial charge in [-0.25, -0.2) is 4.98 Å². The highest BCUT2D eigenvalue weighted by Gasteiger charge is 2.32. The first-order valence-electron chi connectivity index (χ1n) is 5.44. The number of nitrogens with zero attached hydrogens (tertiary/aromatic N) is 2. The van der Waals surface area contributed by atoms with Crippen molar-refractivity contribution in [2.75, 3.05) is 0 Å². The van der Waals surface area contributed by atoms with Crippen LogP contribution in [0, 0.1) is 11.3 Å². The van der Waals surface area contributed by atoms with Gasteiger partial charge in [0.05, 0.1) is 18.0 Å². The lowest BCUT2D eigenvalue weighted by molar-refractivity contribution is 0.0951. The van der Waals surface area contributed by atoms with Crippen LogP contribution in [0.3, 0.4) is 0 Å². The molecule has 0 aliphatic rings. The number of aromatic amines is 1. The van der Waals surface area contributed by atoms with Crippen LogP contribution >= 0.6 is 20.8 Å². The smallest absolute Gasteiger partial charge is 0.304 e. The summed E-state index contributed by atoms with van der Waals surface area (Å²) in [5.41, 5.74) is -4.99. The molecule has 0 amide bonds. The number of aromatic nitrogens is 2. The fourth-order valence-electron chi connectivity index (χ4n) is 1.52. The van der Waals surface area contributed by atoms with Gasteiger partial charge in [0.2, 0.25) is 5.75 Å². The molecule has 2 rings (SSSR count). The molecule has 9 heteroatoms. The van der Waals surface area contributed by atoms with Gasteiger partial charge >= 0.3 is 5.66 Å². The first-order valence-corrected chi connectivity index (χ1v) is 6.40. The number of nitrogens with one attached hydrogen (secondary N) is 1. The molecule has 1 aromatic heterocycles. The van der Waals surface area contributed by atoms with Gasteiger partial charge in [-0.15, -0.1) is 0 Å². The molecule has 1 aromatic carbocycles. The second kappa shape index (κ2) is 5.76. The third kappa shape index (κ3) is 3.54.